The van der Waals surface area contributed by atoms with Crippen LogP contribution in [0.5, 0.6) is 0 Å². The highest BCUT2D eigenvalue weighted by Crippen LogP contribution is 2.19. The number of esters is 1. The Balaban J connectivity index is 2.85. The molecule has 0 spiro atoms. The topological polar surface area (TPSA) is 92.8 Å². The number of hydrogen-bond acceptors (Lipinski definition) is 5. The highest BCUT2D eigenvalue weighted by molar-refractivity contribution is 7.89. The van der Waals surface area contributed by atoms with Crippen LogP contribution in [0, 0.1) is 0 Å². The molecule has 1 aromatic carbocycles. The van der Waals surface area contributed by atoms with Crippen LogP contribution in [-0.4, -0.2) is 44.8 Å². The second-order valence-corrected chi connectivity index (χ2v) is 7.17. The molecule has 0 aliphatic heterocycles. The van der Waals surface area contributed by atoms with Gasteiger partial charge in [0, 0.05) is 18.8 Å². The summed E-state index contributed by atoms with van der Waals surface area (Å²) in [5.41, 5.74) is 0.417. The summed E-state index contributed by atoms with van der Waals surface area (Å²) in [5, 5.41) is 2.52. The number of methoxy groups -OCH3 is 1. The summed E-state index contributed by atoms with van der Waals surface area (Å²) >= 11 is 0. The highest BCUT2D eigenvalue weighted by Gasteiger charge is 2.22. The maximum Gasteiger partial charge on any atom is 0.315 e. The fraction of sp³-hybridized carbons (Fsp3) is 0.500. The quantitative estimate of drug-likeness (QED) is 0.540. The van der Waals surface area contributed by atoms with E-state index in [0.29, 0.717) is 18.8 Å². The predicted molar refractivity (Wildman–Crippen MR) is 91.0 cm³/mol. The Morgan fingerprint density at radius 1 is 1.08 bits per heavy atom. The first kappa shape index (κ1) is 20.1. The van der Waals surface area contributed by atoms with Gasteiger partial charge in [0.05, 0.1) is 12.0 Å². The lowest BCUT2D eigenvalue weighted by Crippen LogP contribution is -2.32. The fourth-order valence-electron chi connectivity index (χ4n) is 2.12. The Kier molecular flexibility index (Phi) is 7.87. The van der Waals surface area contributed by atoms with Crippen molar-refractivity contribution in [3.63, 3.8) is 0 Å². The molecule has 0 atom stereocenters. The monoisotopic (exact) mass is 356 g/mol. The van der Waals surface area contributed by atoms with Crippen LogP contribution in [0.3, 0.4) is 0 Å². The van der Waals surface area contributed by atoms with Gasteiger partial charge < -0.3 is 10.1 Å². The Bertz CT molecular complexity index is 650. The van der Waals surface area contributed by atoms with E-state index < -0.39 is 28.3 Å². The Morgan fingerprint density at radius 2 is 1.62 bits per heavy atom. The van der Waals surface area contributed by atoms with Crippen molar-refractivity contribution in [1.29, 1.82) is 0 Å². The number of nitrogens with one attached hydrogen (secondary N) is 1. The highest BCUT2D eigenvalue weighted by atomic mass is 32.2. The zero-order valence-corrected chi connectivity index (χ0v) is 15.1. The summed E-state index contributed by atoms with van der Waals surface area (Å²) in [5.74, 6) is -1.16. The van der Waals surface area contributed by atoms with Crippen molar-refractivity contribution < 1.29 is 22.7 Å². The predicted octanol–water partition coefficient (Wildman–Crippen LogP) is 2.00. The van der Waals surface area contributed by atoms with E-state index in [2.05, 4.69) is 10.1 Å². The Morgan fingerprint density at radius 3 is 2.08 bits per heavy atom. The fourth-order valence-corrected chi connectivity index (χ4v) is 3.74. The van der Waals surface area contributed by atoms with Gasteiger partial charge in [-0.2, -0.15) is 4.31 Å². The molecule has 24 heavy (non-hydrogen) atoms. The Labute approximate surface area is 143 Å². The number of amides is 1. The number of carbonyl (C=O) groups is 2. The van der Waals surface area contributed by atoms with Crippen LogP contribution in [-0.2, 0) is 24.3 Å². The molecule has 1 N–H and O–H groups in total. The number of carbonyl (C=O) groups excluding carboxylic acids is 2. The van der Waals surface area contributed by atoms with E-state index in [1.165, 1.54) is 35.7 Å². The molecule has 7 nitrogen and oxygen atoms in total. The van der Waals surface area contributed by atoms with Gasteiger partial charge >= 0.3 is 5.97 Å². The minimum Gasteiger partial charge on any atom is -0.469 e. The molecule has 0 heterocycles. The molecule has 8 heteroatoms. The van der Waals surface area contributed by atoms with Crippen LogP contribution in [0.4, 0.5) is 5.69 Å². The van der Waals surface area contributed by atoms with Crippen LogP contribution in [0.15, 0.2) is 29.2 Å². The lowest BCUT2D eigenvalue weighted by atomic mass is 10.3. The summed E-state index contributed by atoms with van der Waals surface area (Å²) in [7, 11) is -2.35. The van der Waals surface area contributed by atoms with E-state index in [9.17, 15) is 18.0 Å². The first-order valence-electron chi connectivity index (χ1n) is 7.82. The van der Waals surface area contributed by atoms with Gasteiger partial charge in [0.25, 0.3) is 0 Å². The molecule has 0 aliphatic rings. The molecule has 0 aromatic heterocycles. The maximum atomic E-state index is 12.6. The number of hydrogen-bond donors (Lipinski definition) is 1. The van der Waals surface area contributed by atoms with Crippen LogP contribution < -0.4 is 5.32 Å². The number of ether oxygens (including phenoxy) is 1. The van der Waals surface area contributed by atoms with E-state index in [-0.39, 0.29) is 4.90 Å². The van der Waals surface area contributed by atoms with E-state index in [0.717, 1.165) is 12.8 Å². The molecule has 0 saturated carbocycles. The standard InChI is InChI=1S/C16H24N2O5S/c1-4-10-18(11-5-2)24(21,22)14-8-6-13(7-9-14)17-15(19)12-16(20)23-3/h6-9H,4-5,10-12H2,1-3H3,(H,17,19). The molecule has 0 aliphatic carbocycles. The summed E-state index contributed by atoms with van der Waals surface area (Å²) in [4.78, 5) is 22.8. The SMILES string of the molecule is CCCN(CCC)S(=O)(=O)c1ccc(NC(=O)CC(=O)OC)cc1. The summed E-state index contributed by atoms with van der Waals surface area (Å²) in [6.07, 6.45) is 1.08. The normalized spacial score (nSPS) is 11.3. The van der Waals surface area contributed by atoms with Gasteiger partial charge in [-0.05, 0) is 37.1 Å². The number of benzene rings is 1. The Hall–Kier alpha value is -1.93. The van der Waals surface area contributed by atoms with Crippen LogP contribution >= 0.6 is 0 Å². The number of anilines is 1. The lowest BCUT2D eigenvalue weighted by molar-refractivity contribution is -0.142. The largest absolute Gasteiger partial charge is 0.469 e. The molecule has 1 aromatic rings. The van der Waals surface area contributed by atoms with Gasteiger partial charge in [-0.1, -0.05) is 13.8 Å². The molecule has 0 fully saturated rings. The molecule has 0 bridgehead atoms. The zero-order valence-electron chi connectivity index (χ0n) is 14.2. The molecular weight excluding hydrogens is 332 g/mol. The van der Waals surface area contributed by atoms with Crippen molar-refractivity contribution in [2.75, 3.05) is 25.5 Å². The first-order chi connectivity index (χ1) is 11.3. The van der Waals surface area contributed by atoms with Crippen LogP contribution in [0.1, 0.15) is 33.1 Å². The molecule has 0 radical (unpaired) electrons. The molecule has 0 saturated heterocycles. The van der Waals surface area contributed by atoms with Gasteiger partial charge in [0.1, 0.15) is 6.42 Å². The van der Waals surface area contributed by atoms with Crippen molar-refractivity contribution in [1.82, 2.24) is 4.31 Å². The van der Waals surface area contributed by atoms with E-state index in [1.807, 2.05) is 13.8 Å². The molecule has 1 rings (SSSR count). The van der Waals surface area contributed by atoms with Gasteiger partial charge in [-0.15, -0.1) is 0 Å². The van der Waals surface area contributed by atoms with Crippen LogP contribution in [0.25, 0.3) is 0 Å². The average Bonchev–Trinajstić information content (AvgIpc) is 2.54. The van der Waals surface area contributed by atoms with Crippen molar-refractivity contribution >= 4 is 27.6 Å². The maximum absolute atomic E-state index is 12.6. The average molecular weight is 356 g/mol. The minimum absolute atomic E-state index is 0.176. The first-order valence-corrected chi connectivity index (χ1v) is 9.26. The van der Waals surface area contributed by atoms with Crippen molar-refractivity contribution in [2.24, 2.45) is 0 Å². The van der Waals surface area contributed by atoms with Crippen molar-refractivity contribution in [3.05, 3.63) is 24.3 Å². The van der Waals surface area contributed by atoms with Gasteiger partial charge in [0.2, 0.25) is 15.9 Å². The van der Waals surface area contributed by atoms with E-state index in [4.69, 9.17) is 0 Å². The van der Waals surface area contributed by atoms with Gasteiger partial charge in [0.15, 0.2) is 0 Å². The second-order valence-electron chi connectivity index (χ2n) is 5.23. The number of sulfonamides is 1. The number of nitrogens with zero attached hydrogens (tertiary/aromatic N) is 1. The zero-order chi connectivity index (χ0) is 18.2. The molecule has 134 valence electrons. The number of rotatable bonds is 9. The second kappa shape index (κ2) is 9.39. The van der Waals surface area contributed by atoms with Gasteiger partial charge in [-0.25, -0.2) is 8.42 Å². The third-order valence-corrected chi connectivity index (χ3v) is 5.17. The molecule has 1 amide bonds. The van der Waals surface area contributed by atoms with Crippen molar-refractivity contribution in [3.8, 4) is 0 Å². The summed E-state index contributed by atoms with van der Waals surface area (Å²) in [6, 6.07) is 5.89. The summed E-state index contributed by atoms with van der Waals surface area (Å²) in [6.45, 7) is 4.79. The summed E-state index contributed by atoms with van der Waals surface area (Å²) < 4.78 is 31.1. The van der Waals surface area contributed by atoms with Gasteiger partial charge in [-0.3, -0.25) is 9.59 Å². The third kappa shape index (κ3) is 5.61. The van der Waals surface area contributed by atoms with E-state index in [1.54, 1.807) is 0 Å². The molecule has 0 unspecified atom stereocenters. The smallest absolute Gasteiger partial charge is 0.315 e. The van der Waals surface area contributed by atoms with Crippen LogP contribution in [0.2, 0.25) is 0 Å². The lowest BCUT2D eigenvalue weighted by Gasteiger charge is -2.21. The third-order valence-electron chi connectivity index (χ3n) is 3.25. The van der Waals surface area contributed by atoms with E-state index >= 15 is 0 Å². The molecular formula is C16H24N2O5S. The van der Waals surface area contributed by atoms with Crippen molar-refractivity contribution in [2.45, 2.75) is 38.0 Å². The minimum atomic E-state index is -3.55.